The molecule has 9 nitrogen and oxygen atoms in total. The number of halogens is 2. The summed E-state index contributed by atoms with van der Waals surface area (Å²) in [5.41, 5.74) is 3.85. The normalized spacial score (nSPS) is 18.2. The molecule has 0 bridgehead atoms. The number of rotatable bonds is 12. The fraction of sp³-hybridized carbons (Fsp3) is 0.405. The first kappa shape index (κ1) is 36.5. The van der Waals surface area contributed by atoms with Gasteiger partial charge in [-0.15, -0.1) is 0 Å². The minimum absolute atomic E-state index is 0.292. The molecule has 0 spiro atoms. The third kappa shape index (κ3) is 9.62. The molecule has 48 heavy (non-hydrogen) atoms. The van der Waals surface area contributed by atoms with Gasteiger partial charge >= 0.3 is 11.9 Å². The topological polar surface area (TPSA) is 115 Å². The molecule has 1 fully saturated rings. The Labute approximate surface area is 279 Å². The number of carbonyl (C=O) groups is 2. The largest absolute Gasteiger partial charge is 0.493 e. The number of carboxylic acid groups (broad SMARTS) is 2. The van der Waals surface area contributed by atoms with Crippen LogP contribution in [0.1, 0.15) is 54.5 Å². The van der Waals surface area contributed by atoms with Crippen LogP contribution in [0.5, 0.6) is 11.5 Å². The highest BCUT2D eigenvalue weighted by Crippen LogP contribution is 2.46. The molecule has 0 saturated carbocycles. The van der Waals surface area contributed by atoms with Gasteiger partial charge in [0.25, 0.3) is 0 Å². The van der Waals surface area contributed by atoms with Crippen molar-refractivity contribution in [3.05, 3.63) is 107 Å². The third-order valence-corrected chi connectivity index (χ3v) is 8.90. The molecule has 1 atom stereocenters. The number of ether oxygens (including phenoxy) is 4. The number of methoxy groups -OCH3 is 2. The van der Waals surface area contributed by atoms with Gasteiger partial charge in [0.05, 0.1) is 26.4 Å². The lowest BCUT2D eigenvalue weighted by atomic mass is 9.74. The van der Waals surface area contributed by atoms with E-state index in [2.05, 4.69) is 24.0 Å². The Balaban J connectivity index is 0.000000579. The van der Waals surface area contributed by atoms with Crippen molar-refractivity contribution in [1.82, 2.24) is 4.90 Å². The average Bonchev–Trinajstić information content (AvgIpc) is 3.08. The molecule has 0 amide bonds. The maximum absolute atomic E-state index is 13.5. The quantitative estimate of drug-likeness (QED) is 0.168. The molecule has 0 aliphatic carbocycles. The van der Waals surface area contributed by atoms with Crippen molar-refractivity contribution in [2.24, 2.45) is 5.92 Å². The zero-order chi connectivity index (χ0) is 34.7. The van der Waals surface area contributed by atoms with Crippen LogP contribution in [0.3, 0.4) is 0 Å². The molecule has 3 aromatic rings. The van der Waals surface area contributed by atoms with Crippen molar-refractivity contribution >= 4 is 11.9 Å². The Bertz CT molecular complexity index is 1480. The van der Waals surface area contributed by atoms with E-state index < -0.39 is 11.9 Å². The van der Waals surface area contributed by atoms with E-state index in [0.29, 0.717) is 31.3 Å². The Kier molecular flexibility index (Phi) is 13.1. The molecule has 2 N–H and O–H groups in total. The van der Waals surface area contributed by atoms with Crippen molar-refractivity contribution in [3.63, 3.8) is 0 Å². The summed E-state index contributed by atoms with van der Waals surface area (Å²) in [6.45, 7) is 6.44. The van der Waals surface area contributed by atoms with E-state index in [1.165, 1.54) is 35.4 Å². The van der Waals surface area contributed by atoms with Crippen LogP contribution >= 0.6 is 0 Å². The summed E-state index contributed by atoms with van der Waals surface area (Å²) in [6.07, 6.45) is 4.60. The number of nitrogens with zero attached hydrogens (tertiary/aromatic N) is 1. The van der Waals surface area contributed by atoms with Crippen LogP contribution in [0, 0.1) is 17.6 Å². The predicted octanol–water partition coefficient (Wildman–Crippen LogP) is 6.39. The first-order valence-electron chi connectivity index (χ1n) is 15.9. The van der Waals surface area contributed by atoms with Crippen LogP contribution in [0.2, 0.25) is 0 Å². The van der Waals surface area contributed by atoms with E-state index in [-0.39, 0.29) is 23.3 Å². The molecule has 5 rings (SSSR count). The van der Waals surface area contributed by atoms with Gasteiger partial charge in [0, 0.05) is 25.3 Å². The van der Waals surface area contributed by atoms with E-state index in [0.717, 1.165) is 67.9 Å². The molecule has 1 saturated heterocycles. The second kappa shape index (κ2) is 17.2. The van der Waals surface area contributed by atoms with Gasteiger partial charge < -0.3 is 34.1 Å². The monoisotopic (exact) mass is 667 g/mol. The van der Waals surface area contributed by atoms with Crippen LogP contribution < -0.4 is 9.47 Å². The molecule has 0 radical (unpaired) electrons. The molecule has 258 valence electrons. The Morgan fingerprint density at radius 3 is 1.94 bits per heavy atom. The summed E-state index contributed by atoms with van der Waals surface area (Å²) >= 11 is 0. The van der Waals surface area contributed by atoms with E-state index in [1.807, 2.05) is 0 Å². The molecule has 2 aliphatic heterocycles. The minimum atomic E-state index is -1.26. The van der Waals surface area contributed by atoms with Gasteiger partial charge in [0.2, 0.25) is 0 Å². The van der Waals surface area contributed by atoms with Crippen molar-refractivity contribution in [2.75, 3.05) is 47.1 Å². The van der Waals surface area contributed by atoms with Gasteiger partial charge in [0.15, 0.2) is 11.5 Å². The van der Waals surface area contributed by atoms with Crippen molar-refractivity contribution in [3.8, 4) is 11.5 Å². The molecule has 1 unspecified atom stereocenters. The van der Waals surface area contributed by atoms with Crippen molar-refractivity contribution in [2.45, 2.75) is 44.3 Å². The molecule has 3 aromatic carbocycles. The van der Waals surface area contributed by atoms with Crippen LogP contribution in [-0.2, 0) is 31.1 Å². The second-order valence-corrected chi connectivity index (χ2v) is 11.9. The van der Waals surface area contributed by atoms with E-state index in [9.17, 15) is 18.4 Å². The highest BCUT2D eigenvalue weighted by Gasteiger charge is 2.42. The highest BCUT2D eigenvalue weighted by molar-refractivity contribution is 5.89. The number of hydrogen-bond acceptors (Lipinski definition) is 7. The summed E-state index contributed by atoms with van der Waals surface area (Å²) in [5, 5.41) is 15.6. The molecular formula is C37H43F2NO8. The Morgan fingerprint density at radius 2 is 1.44 bits per heavy atom. The van der Waals surface area contributed by atoms with Gasteiger partial charge in [-0.05, 0) is 110 Å². The average molecular weight is 668 g/mol. The standard InChI is InChI=1S/C33H39F2NO4.C4H4O4/c1-33(29-22-31(38-3)30(37-2)21-25(29)15-20-40-33)26-13-17-36(18-14-26)16-4-19-39-32(23-5-9-27(34)10-6-23)24-7-11-28(35)12-8-24;5-3(6)1-2-4(7)8/h5-12,21-22,26,32H,4,13-20H2,1-3H3;1-2H,(H,5,6)(H,7,8)/b;2-1+. The van der Waals surface area contributed by atoms with E-state index in [4.69, 9.17) is 29.2 Å². The molecule has 2 heterocycles. The number of hydrogen-bond donors (Lipinski definition) is 2. The third-order valence-electron chi connectivity index (χ3n) is 8.90. The predicted molar refractivity (Wildman–Crippen MR) is 175 cm³/mol. The summed E-state index contributed by atoms with van der Waals surface area (Å²) < 4.78 is 50.9. The number of carboxylic acids is 2. The smallest absolute Gasteiger partial charge is 0.328 e. The number of piperidine rings is 1. The van der Waals surface area contributed by atoms with Crippen LogP contribution in [0.15, 0.2) is 72.8 Å². The SMILES string of the molecule is COc1cc2c(cc1OC)C(C)(C1CCN(CCCOC(c3ccc(F)cc3)c3ccc(F)cc3)CC1)OCC2.O=C(O)/C=C/C(=O)O. The fourth-order valence-corrected chi connectivity index (χ4v) is 6.38. The maximum atomic E-state index is 13.5. The van der Waals surface area contributed by atoms with Gasteiger partial charge in [-0.2, -0.15) is 0 Å². The lowest BCUT2D eigenvalue weighted by Gasteiger charge is -2.45. The lowest BCUT2D eigenvalue weighted by Crippen LogP contribution is -2.46. The Morgan fingerprint density at radius 1 is 0.917 bits per heavy atom. The summed E-state index contributed by atoms with van der Waals surface area (Å²) in [7, 11) is 3.35. The van der Waals surface area contributed by atoms with E-state index in [1.54, 1.807) is 38.5 Å². The maximum Gasteiger partial charge on any atom is 0.328 e. The number of fused-ring (bicyclic) bond motifs is 1. The summed E-state index contributed by atoms with van der Waals surface area (Å²) in [5.74, 6) is -1.17. The number of likely N-dealkylation sites (tertiary alicyclic amines) is 1. The van der Waals surface area contributed by atoms with Crippen molar-refractivity contribution < 1.29 is 47.5 Å². The van der Waals surface area contributed by atoms with Gasteiger partial charge in [-0.25, -0.2) is 18.4 Å². The van der Waals surface area contributed by atoms with E-state index >= 15 is 0 Å². The van der Waals surface area contributed by atoms with Crippen LogP contribution in [0.4, 0.5) is 8.78 Å². The number of aliphatic carboxylic acids is 2. The molecular weight excluding hydrogens is 624 g/mol. The lowest BCUT2D eigenvalue weighted by molar-refractivity contribution is -0.134. The zero-order valence-electron chi connectivity index (χ0n) is 27.5. The highest BCUT2D eigenvalue weighted by atomic mass is 19.1. The van der Waals surface area contributed by atoms with Gasteiger partial charge in [-0.1, -0.05) is 24.3 Å². The zero-order valence-corrected chi connectivity index (χ0v) is 27.5. The van der Waals surface area contributed by atoms with Gasteiger partial charge in [-0.3, -0.25) is 0 Å². The summed E-state index contributed by atoms with van der Waals surface area (Å²) in [6, 6.07) is 16.9. The Hall–Kier alpha value is -4.32. The van der Waals surface area contributed by atoms with Crippen LogP contribution in [0.25, 0.3) is 0 Å². The first-order valence-corrected chi connectivity index (χ1v) is 15.9. The van der Waals surface area contributed by atoms with Gasteiger partial charge in [0.1, 0.15) is 17.7 Å². The van der Waals surface area contributed by atoms with Crippen molar-refractivity contribution in [1.29, 1.82) is 0 Å². The summed E-state index contributed by atoms with van der Waals surface area (Å²) in [4.78, 5) is 21.6. The molecule has 11 heteroatoms. The van der Waals surface area contributed by atoms with Crippen LogP contribution in [-0.4, -0.2) is 74.1 Å². The minimum Gasteiger partial charge on any atom is -0.493 e. The molecule has 0 aromatic heterocycles. The molecule has 2 aliphatic rings. The first-order chi connectivity index (χ1) is 23.0. The number of benzene rings is 3. The fourth-order valence-electron chi connectivity index (χ4n) is 6.38. The second-order valence-electron chi connectivity index (χ2n) is 11.9.